The topological polar surface area (TPSA) is 45.5 Å². The fraction of sp³-hybridized carbons (Fsp3) is 0.565. The number of hydrogen-bond acceptors (Lipinski definition) is 2. The van der Waals surface area contributed by atoms with Gasteiger partial charge in [-0.15, -0.1) is 24.0 Å². The van der Waals surface area contributed by atoms with Crippen molar-refractivity contribution in [3.05, 3.63) is 53.3 Å². The molecule has 1 aliphatic heterocycles. The molecular formula is C23H36IN5. The number of nitrogens with one attached hydrogen (secondary N) is 1. The van der Waals surface area contributed by atoms with Crippen molar-refractivity contribution in [3.8, 4) is 0 Å². The molecule has 3 rings (SSSR count). The minimum absolute atomic E-state index is 0. The summed E-state index contributed by atoms with van der Waals surface area (Å²) in [5.41, 5.74) is 4.15. The maximum Gasteiger partial charge on any atom is 0.193 e. The average molecular weight is 509 g/mol. The number of guanidine groups is 1. The summed E-state index contributed by atoms with van der Waals surface area (Å²) in [6, 6.07) is 9.05. The minimum atomic E-state index is 0. The Morgan fingerprint density at radius 2 is 2.03 bits per heavy atom. The zero-order valence-electron chi connectivity index (χ0n) is 18.3. The van der Waals surface area contributed by atoms with Crippen LogP contribution in [0.25, 0.3) is 0 Å². The summed E-state index contributed by atoms with van der Waals surface area (Å²) in [4.78, 5) is 7.30. The van der Waals surface area contributed by atoms with Gasteiger partial charge in [-0.3, -0.25) is 9.67 Å². The van der Waals surface area contributed by atoms with Crippen LogP contribution in [0.15, 0.2) is 41.7 Å². The third kappa shape index (κ3) is 6.73. The fourth-order valence-electron chi connectivity index (χ4n) is 3.84. The maximum atomic E-state index is 4.90. The number of halogens is 1. The Bertz CT molecular complexity index is 766. The zero-order valence-corrected chi connectivity index (χ0v) is 20.6. The molecule has 0 bridgehead atoms. The van der Waals surface area contributed by atoms with Crippen molar-refractivity contribution in [1.29, 1.82) is 0 Å². The van der Waals surface area contributed by atoms with E-state index in [9.17, 15) is 0 Å². The summed E-state index contributed by atoms with van der Waals surface area (Å²) < 4.78 is 1.89. The van der Waals surface area contributed by atoms with E-state index in [1.165, 1.54) is 16.7 Å². The standard InChI is InChI=1S/C23H35N5.HI/c1-5-24-23(28-14-12-21(17-28)22-15-26-27(4)16-22)25-13-6-7-19-8-10-20(11-9-19)18(2)3;/h8-11,15-16,18,21H,5-7,12-14,17H2,1-4H3,(H,24,25);1H. The highest BCUT2D eigenvalue weighted by Gasteiger charge is 2.26. The van der Waals surface area contributed by atoms with Crippen molar-refractivity contribution in [2.24, 2.45) is 12.0 Å². The van der Waals surface area contributed by atoms with Crippen LogP contribution < -0.4 is 5.32 Å². The van der Waals surface area contributed by atoms with E-state index in [-0.39, 0.29) is 24.0 Å². The van der Waals surface area contributed by atoms with E-state index in [1.807, 2.05) is 17.9 Å². The number of nitrogens with zero attached hydrogens (tertiary/aromatic N) is 4. The van der Waals surface area contributed by atoms with E-state index in [1.54, 1.807) is 0 Å². The molecule has 1 atom stereocenters. The molecule has 0 aliphatic carbocycles. The first-order chi connectivity index (χ1) is 13.6. The van der Waals surface area contributed by atoms with E-state index in [4.69, 9.17) is 4.99 Å². The Morgan fingerprint density at radius 1 is 1.28 bits per heavy atom. The second kappa shape index (κ2) is 11.6. The van der Waals surface area contributed by atoms with Gasteiger partial charge in [0.15, 0.2) is 5.96 Å². The molecule has 1 unspecified atom stereocenters. The Hall–Kier alpha value is -1.57. The molecule has 1 aromatic heterocycles. The second-order valence-electron chi connectivity index (χ2n) is 8.11. The van der Waals surface area contributed by atoms with Crippen LogP contribution in [0.3, 0.4) is 0 Å². The monoisotopic (exact) mass is 509 g/mol. The molecule has 2 heterocycles. The Morgan fingerprint density at radius 3 is 2.66 bits per heavy atom. The van der Waals surface area contributed by atoms with Crippen molar-refractivity contribution in [2.45, 2.75) is 51.9 Å². The van der Waals surface area contributed by atoms with E-state index in [2.05, 4.69) is 66.5 Å². The van der Waals surface area contributed by atoms with Crippen molar-refractivity contribution in [2.75, 3.05) is 26.2 Å². The molecule has 1 N–H and O–H groups in total. The van der Waals surface area contributed by atoms with Crippen LogP contribution in [-0.4, -0.2) is 46.8 Å². The number of aromatic nitrogens is 2. The average Bonchev–Trinajstić information content (AvgIpc) is 3.33. The number of hydrogen-bond donors (Lipinski definition) is 1. The third-order valence-corrected chi connectivity index (χ3v) is 5.55. The molecule has 5 nitrogen and oxygen atoms in total. The van der Waals surface area contributed by atoms with Gasteiger partial charge < -0.3 is 10.2 Å². The van der Waals surface area contributed by atoms with Crippen LogP contribution in [0.1, 0.15) is 62.1 Å². The second-order valence-corrected chi connectivity index (χ2v) is 8.11. The van der Waals surface area contributed by atoms with Gasteiger partial charge in [0.05, 0.1) is 6.20 Å². The first-order valence-electron chi connectivity index (χ1n) is 10.7. The van der Waals surface area contributed by atoms with E-state index in [0.29, 0.717) is 11.8 Å². The maximum absolute atomic E-state index is 4.90. The smallest absolute Gasteiger partial charge is 0.193 e. The van der Waals surface area contributed by atoms with Gasteiger partial charge in [0.1, 0.15) is 0 Å². The summed E-state index contributed by atoms with van der Waals surface area (Å²) in [6.07, 6.45) is 7.47. The van der Waals surface area contributed by atoms with Crippen molar-refractivity contribution < 1.29 is 0 Å². The normalized spacial score (nSPS) is 16.9. The number of aliphatic imine (C=N–C) groups is 1. The largest absolute Gasteiger partial charge is 0.357 e. The Kier molecular flexibility index (Phi) is 9.46. The lowest BCUT2D eigenvalue weighted by Gasteiger charge is -2.21. The molecule has 1 aromatic carbocycles. The van der Waals surface area contributed by atoms with Gasteiger partial charge in [0.2, 0.25) is 0 Å². The highest BCUT2D eigenvalue weighted by atomic mass is 127. The van der Waals surface area contributed by atoms with Gasteiger partial charge >= 0.3 is 0 Å². The molecule has 6 heteroatoms. The molecule has 0 amide bonds. The molecule has 0 radical (unpaired) electrons. The van der Waals surface area contributed by atoms with Crippen LogP contribution in [0.4, 0.5) is 0 Å². The summed E-state index contributed by atoms with van der Waals surface area (Å²) >= 11 is 0. The lowest BCUT2D eigenvalue weighted by Crippen LogP contribution is -2.40. The minimum Gasteiger partial charge on any atom is -0.357 e. The number of likely N-dealkylation sites (tertiary alicyclic amines) is 1. The Balaban J connectivity index is 0.00000300. The molecule has 1 aliphatic rings. The van der Waals surface area contributed by atoms with Gasteiger partial charge in [-0.25, -0.2) is 0 Å². The number of rotatable bonds is 7. The molecule has 29 heavy (non-hydrogen) atoms. The predicted molar refractivity (Wildman–Crippen MR) is 132 cm³/mol. The quantitative estimate of drug-likeness (QED) is 0.258. The first kappa shape index (κ1) is 23.7. The summed E-state index contributed by atoms with van der Waals surface area (Å²) in [5, 5.41) is 7.80. The molecule has 1 fully saturated rings. The van der Waals surface area contributed by atoms with Crippen LogP contribution in [0.5, 0.6) is 0 Å². The zero-order chi connectivity index (χ0) is 19.9. The van der Waals surface area contributed by atoms with Crippen molar-refractivity contribution in [1.82, 2.24) is 20.0 Å². The van der Waals surface area contributed by atoms with Crippen LogP contribution in [0, 0.1) is 0 Å². The molecule has 160 valence electrons. The van der Waals surface area contributed by atoms with Crippen molar-refractivity contribution in [3.63, 3.8) is 0 Å². The van der Waals surface area contributed by atoms with E-state index >= 15 is 0 Å². The predicted octanol–water partition coefficient (Wildman–Crippen LogP) is 4.55. The van der Waals surface area contributed by atoms with E-state index < -0.39 is 0 Å². The van der Waals surface area contributed by atoms with Crippen LogP contribution in [0.2, 0.25) is 0 Å². The SMILES string of the molecule is CCNC(=NCCCc1ccc(C(C)C)cc1)N1CCC(c2cnn(C)c2)C1.I. The van der Waals surface area contributed by atoms with Gasteiger partial charge in [0.25, 0.3) is 0 Å². The molecular weight excluding hydrogens is 473 g/mol. The summed E-state index contributed by atoms with van der Waals surface area (Å²) in [7, 11) is 1.98. The number of benzene rings is 1. The molecule has 2 aromatic rings. The lowest BCUT2D eigenvalue weighted by molar-refractivity contribution is 0.485. The first-order valence-corrected chi connectivity index (χ1v) is 10.7. The Labute approximate surface area is 193 Å². The molecule has 0 saturated carbocycles. The van der Waals surface area contributed by atoms with Crippen LogP contribution >= 0.6 is 24.0 Å². The van der Waals surface area contributed by atoms with E-state index in [0.717, 1.165) is 51.4 Å². The summed E-state index contributed by atoms with van der Waals surface area (Å²) in [6.45, 7) is 10.5. The molecule has 1 saturated heterocycles. The summed E-state index contributed by atoms with van der Waals surface area (Å²) in [5.74, 6) is 2.21. The highest BCUT2D eigenvalue weighted by molar-refractivity contribution is 14.0. The third-order valence-electron chi connectivity index (χ3n) is 5.55. The lowest BCUT2D eigenvalue weighted by atomic mass is 10.0. The molecule has 0 spiro atoms. The van der Waals surface area contributed by atoms with Gasteiger partial charge in [-0.1, -0.05) is 38.1 Å². The highest BCUT2D eigenvalue weighted by Crippen LogP contribution is 2.26. The van der Waals surface area contributed by atoms with Gasteiger partial charge in [-0.05, 0) is 48.8 Å². The number of aryl methyl sites for hydroxylation is 2. The van der Waals surface area contributed by atoms with Gasteiger partial charge in [0, 0.05) is 45.3 Å². The van der Waals surface area contributed by atoms with Crippen molar-refractivity contribution >= 4 is 29.9 Å². The van der Waals surface area contributed by atoms with Crippen LogP contribution in [-0.2, 0) is 13.5 Å². The fourth-order valence-corrected chi connectivity index (χ4v) is 3.84. The van der Waals surface area contributed by atoms with Gasteiger partial charge in [-0.2, -0.15) is 5.10 Å².